The molecule has 0 fully saturated rings. The van der Waals surface area contributed by atoms with Crippen molar-refractivity contribution in [2.45, 2.75) is 32.9 Å². The fourth-order valence-electron chi connectivity index (χ4n) is 1.63. The van der Waals surface area contributed by atoms with Gasteiger partial charge in [-0.3, -0.25) is 10.1 Å². The number of hydrogen-bond donors (Lipinski definition) is 1. The minimum Gasteiger partial charge on any atom is -0.465 e. The summed E-state index contributed by atoms with van der Waals surface area (Å²) >= 11 is 0. The van der Waals surface area contributed by atoms with Crippen LogP contribution >= 0.6 is 0 Å². The van der Waals surface area contributed by atoms with Crippen molar-refractivity contribution < 1.29 is 13.9 Å². The molecule has 1 rings (SSSR count). The van der Waals surface area contributed by atoms with Gasteiger partial charge in [-0.1, -0.05) is 18.2 Å². The molecule has 0 bridgehead atoms. The van der Waals surface area contributed by atoms with E-state index in [1.807, 2.05) is 6.92 Å². The van der Waals surface area contributed by atoms with Gasteiger partial charge in [0.2, 0.25) is 0 Å². The summed E-state index contributed by atoms with van der Waals surface area (Å²) < 4.78 is 18.4. The molecule has 2 atom stereocenters. The van der Waals surface area contributed by atoms with Gasteiger partial charge in [-0.25, -0.2) is 4.39 Å². The molecule has 3 nitrogen and oxygen atoms in total. The third kappa shape index (κ3) is 3.82. The summed E-state index contributed by atoms with van der Waals surface area (Å²) in [4.78, 5) is 11.4. The number of benzene rings is 1. The quantitative estimate of drug-likeness (QED) is 0.802. The summed E-state index contributed by atoms with van der Waals surface area (Å²) in [6.45, 7) is 5.62. The normalized spacial score (nSPS) is 14.1. The van der Waals surface area contributed by atoms with Gasteiger partial charge in [0, 0.05) is 11.6 Å². The lowest BCUT2D eigenvalue weighted by Gasteiger charge is -2.19. The van der Waals surface area contributed by atoms with Crippen LogP contribution in [-0.2, 0) is 9.53 Å². The Morgan fingerprint density at radius 2 is 2.06 bits per heavy atom. The van der Waals surface area contributed by atoms with Crippen molar-refractivity contribution in [3.8, 4) is 0 Å². The van der Waals surface area contributed by atoms with Crippen LogP contribution in [0.3, 0.4) is 0 Å². The number of ether oxygens (including phenoxy) is 1. The molecule has 94 valence electrons. The summed E-state index contributed by atoms with van der Waals surface area (Å²) in [6, 6.07) is 5.82. The first-order valence-electron chi connectivity index (χ1n) is 5.73. The number of hydrogen-bond acceptors (Lipinski definition) is 3. The predicted molar refractivity (Wildman–Crippen MR) is 64.0 cm³/mol. The molecule has 0 saturated carbocycles. The zero-order valence-electron chi connectivity index (χ0n) is 10.4. The van der Waals surface area contributed by atoms with Gasteiger partial charge in [0.05, 0.1) is 6.61 Å². The molecule has 1 aromatic carbocycles. The van der Waals surface area contributed by atoms with Crippen molar-refractivity contribution in [3.63, 3.8) is 0 Å². The van der Waals surface area contributed by atoms with E-state index in [1.54, 1.807) is 32.0 Å². The Balaban J connectivity index is 2.63. The number of carbonyl (C=O) groups excluding carboxylic acids is 1. The lowest BCUT2D eigenvalue weighted by atomic mass is 10.1. The van der Waals surface area contributed by atoms with E-state index in [4.69, 9.17) is 4.74 Å². The second-order valence-corrected chi connectivity index (χ2v) is 3.88. The molecule has 0 aliphatic carbocycles. The largest absolute Gasteiger partial charge is 0.465 e. The highest BCUT2D eigenvalue weighted by atomic mass is 19.1. The Labute approximate surface area is 101 Å². The fourth-order valence-corrected chi connectivity index (χ4v) is 1.63. The third-order valence-corrected chi connectivity index (χ3v) is 2.51. The second-order valence-electron chi connectivity index (χ2n) is 3.88. The molecule has 1 aromatic rings. The molecule has 2 unspecified atom stereocenters. The van der Waals surface area contributed by atoms with Crippen LogP contribution in [0.5, 0.6) is 0 Å². The lowest BCUT2D eigenvalue weighted by Crippen LogP contribution is -2.37. The minimum absolute atomic E-state index is 0.240. The van der Waals surface area contributed by atoms with Crippen molar-refractivity contribution in [2.24, 2.45) is 0 Å². The van der Waals surface area contributed by atoms with Crippen molar-refractivity contribution in [2.75, 3.05) is 6.61 Å². The van der Waals surface area contributed by atoms with Gasteiger partial charge in [0.1, 0.15) is 11.9 Å². The molecular formula is C13H18FNO2. The Kier molecular flexibility index (Phi) is 5.10. The molecule has 0 aromatic heterocycles. The van der Waals surface area contributed by atoms with Crippen LogP contribution in [0.25, 0.3) is 0 Å². The Morgan fingerprint density at radius 3 is 2.65 bits per heavy atom. The van der Waals surface area contributed by atoms with E-state index in [2.05, 4.69) is 5.32 Å². The van der Waals surface area contributed by atoms with Gasteiger partial charge >= 0.3 is 5.97 Å². The molecule has 1 N–H and O–H groups in total. The maximum Gasteiger partial charge on any atom is 0.322 e. The van der Waals surface area contributed by atoms with Gasteiger partial charge in [0.15, 0.2) is 0 Å². The second kappa shape index (κ2) is 6.35. The average Bonchev–Trinajstić information content (AvgIpc) is 2.29. The fraction of sp³-hybridized carbons (Fsp3) is 0.462. The van der Waals surface area contributed by atoms with Crippen molar-refractivity contribution in [1.29, 1.82) is 0 Å². The van der Waals surface area contributed by atoms with Crippen LogP contribution in [0, 0.1) is 5.82 Å². The number of halogens is 1. The van der Waals surface area contributed by atoms with Crippen LogP contribution in [0.1, 0.15) is 32.4 Å². The molecular weight excluding hydrogens is 221 g/mol. The van der Waals surface area contributed by atoms with Crippen LogP contribution in [0.4, 0.5) is 4.39 Å². The summed E-state index contributed by atoms with van der Waals surface area (Å²) in [5.41, 5.74) is 0.545. The number of carbonyl (C=O) groups is 1. The van der Waals surface area contributed by atoms with E-state index in [0.717, 1.165) is 0 Å². The zero-order chi connectivity index (χ0) is 12.8. The van der Waals surface area contributed by atoms with Gasteiger partial charge in [0.25, 0.3) is 0 Å². The summed E-state index contributed by atoms with van der Waals surface area (Å²) in [5.74, 6) is -0.598. The van der Waals surface area contributed by atoms with E-state index in [1.165, 1.54) is 6.07 Å². The lowest BCUT2D eigenvalue weighted by molar-refractivity contribution is -0.145. The van der Waals surface area contributed by atoms with Gasteiger partial charge < -0.3 is 4.74 Å². The Morgan fingerprint density at radius 1 is 1.41 bits per heavy atom. The predicted octanol–water partition coefficient (Wildman–Crippen LogP) is 2.43. The van der Waals surface area contributed by atoms with E-state index < -0.39 is 6.04 Å². The van der Waals surface area contributed by atoms with Crippen LogP contribution < -0.4 is 5.32 Å². The molecule has 0 saturated heterocycles. The van der Waals surface area contributed by atoms with E-state index in [9.17, 15) is 9.18 Å². The highest BCUT2D eigenvalue weighted by Gasteiger charge is 2.18. The van der Waals surface area contributed by atoms with Crippen LogP contribution in [0.15, 0.2) is 24.3 Å². The topological polar surface area (TPSA) is 38.3 Å². The van der Waals surface area contributed by atoms with Crippen LogP contribution in [0.2, 0.25) is 0 Å². The molecule has 17 heavy (non-hydrogen) atoms. The smallest absolute Gasteiger partial charge is 0.322 e. The molecule has 0 amide bonds. The zero-order valence-corrected chi connectivity index (χ0v) is 10.4. The van der Waals surface area contributed by atoms with Crippen molar-refractivity contribution in [1.82, 2.24) is 5.32 Å². The monoisotopic (exact) mass is 239 g/mol. The number of esters is 1. The number of nitrogens with one attached hydrogen (secondary N) is 1. The van der Waals surface area contributed by atoms with E-state index in [-0.39, 0.29) is 17.8 Å². The van der Waals surface area contributed by atoms with E-state index in [0.29, 0.717) is 12.2 Å². The minimum atomic E-state index is -0.454. The number of rotatable bonds is 5. The van der Waals surface area contributed by atoms with Crippen molar-refractivity contribution >= 4 is 5.97 Å². The van der Waals surface area contributed by atoms with Crippen LogP contribution in [-0.4, -0.2) is 18.6 Å². The summed E-state index contributed by atoms with van der Waals surface area (Å²) in [6.07, 6.45) is 0. The van der Waals surface area contributed by atoms with E-state index >= 15 is 0 Å². The molecule has 0 aliphatic rings. The standard InChI is InChI=1S/C13H18FNO2/c1-4-17-13(16)10(3)15-9(2)11-7-5-6-8-12(11)14/h5-10,15H,4H2,1-3H3. The molecule has 0 spiro atoms. The van der Waals surface area contributed by atoms with Gasteiger partial charge in [-0.15, -0.1) is 0 Å². The summed E-state index contributed by atoms with van der Waals surface area (Å²) in [5, 5.41) is 3.01. The highest BCUT2D eigenvalue weighted by Crippen LogP contribution is 2.16. The van der Waals surface area contributed by atoms with Gasteiger partial charge in [-0.05, 0) is 26.8 Å². The Hall–Kier alpha value is -1.42. The first kappa shape index (κ1) is 13.6. The molecule has 4 heteroatoms. The SMILES string of the molecule is CCOC(=O)C(C)NC(C)c1ccccc1F. The van der Waals surface area contributed by atoms with Crippen molar-refractivity contribution in [3.05, 3.63) is 35.6 Å². The first-order valence-corrected chi connectivity index (χ1v) is 5.73. The maximum atomic E-state index is 13.5. The summed E-state index contributed by atoms with van der Waals surface area (Å²) in [7, 11) is 0. The third-order valence-electron chi connectivity index (χ3n) is 2.51. The molecule has 0 radical (unpaired) electrons. The molecule has 0 aliphatic heterocycles. The average molecular weight is 239 g/mol. The highest BCUT2D eigenvalue weighted by molar-refractivity contribution is 5.75. The maximum absolute atomic E-state index is 13.5. The van der Waals surface area contributed by atoms with Gasteiger partial charge in [-0.2, -0.15) is 0 Å². The first-order chi connectivity index (χ1) is 8.06. The Bertz CT molecular complexity index is 381. The molecule has 0 heterocycles.